The summed E-state index contributed by atoms with van der Waals surface area (Å²) in [4.78, 5) is 4.37. The van der Waals surface area contributed by atoms with Gasteiger partial charge in [-0.2, -0.15) is 5.26 Å². The second kappa shape index (κ2) is 3.54. The van der Waals surface area contributed by atoms with E-state index in [0.717, 1.165) is 30.5 Å². The molecule has 0 amide bonds. The molecule has 1 aliphatic rings. The number of nitrogens with two attached hydrogens (primary N) is 1. The number of anilines is 1. The predicted molar refractivity (Wildman–Crippen MR) is 59.5 cm³/mol. The first-order valence-electron chi connectivity index (χ1n) is 5.36. The van der Waals surface area contributed by atoms with Crippen molar-refractivity contribution in [3.63, 3.8) is 0 Å². The first kappa shape index (κ1) is 9.97. The molecule has 0 aliphatic heterocycles. The summed E-state index contributed by atoms with van der Waals surface area (Å²) in [6, 6.07) is 2.17. The Balaban J connectivity index is 2.69. The lowest BCUT2D eigenvalue weighted by atomic mass is 9.98. The van der Waals surface area contributed by atoms with Gasteiger partial charge in [-0.05, 0) is 36.3 Å². The van der Waals surface area contributed by atoms with E-state index in [9.17, 15) is 0 Å². The number of hydrogen-bond donors (Lipinski definition) is 1. The molecule has 0 saturated carbocycles. The highest BCUT2D eigenvalue weighted by Crippen LogP contribution is 2.33. The van der Waals surface area contributed by atoms with Crippen molar-refractivity contribution in [1.82, 2.24) is 4.98 Å². The van der Waals surface area contributed by atoms with Gasteiger partial charge in [0.1, 0.15) is 11.9 Å². The highest BCUT2D eigenvalue weighted by Gasteiger charge is 2.23. The maximum absolute atomic E-state index is 9.04. The molecular formula is C12H15N3. The van der Waals surface area contributed by atoms with Crippen molar-refractivity contribution in [2.45, 2.75) is 39.0 Å². The molecule has 0 aromatic carbocycles. The Morgan fingerprint density at radius 1 is 1.33 bits per heavy atom. The Labute approximate surface area is 89.9 Å². The topological polar surface area (TPSA) is 62.7 Å². The van der Waals surface area contributed by atoms with Gasteiger partial charge in [0.2, 0.25) is 0 Å². The average Bonchev–Trinajstić information content (AvgIpc) is 2.64. The minimum atomic E-state index is 0.381. The normalized spacial score (nSPS) is 14.0. The van der Waals surface area contributed by atoms with Crippen LogP contribution in [-0.2, 0) is 12.8 Å². The standard InChI is InChI=1S/C12H15N3/c1-7(2)11-9-5-3-4-8(9)10(6-13)12(14)15-11/h7H,3-5H2,1-2H3,(H2,14,15). The fourth-order valence-electron chi connectivity index (χ4n) is 2.31. The predicted octanol–water partition coefficient (Wildman–Crippen LogP) is 2.15. The Morgan fingerprint density at radius 2 is 2.00 bits per heavy atom. The molecule has 1 aliphatic carbocycles. The van der Waals surface area contributed by atoms with E-state index in [-0.39, 0.29) is 0 Å². The molecule has 3 heteroatoms. The van der Waals surface area contributed by atoms with Gasteiger partial charge in [0, 0.05) is 5.69 Å². The number of aromatic nitrogens is 1. The average molecular weight is 201 g/mol. The van der Waals surface area contributed by atoms with Gasteiger partial charge in [-0.25, -0.2) is 4.98 Å². The number of rotatable bonds is 1. The smallest absolute Gasteiger partial charge is 0.141 e. The lowest BCUT2D eigenvalue weighted by molar-refractivity contribution is 0.800. The van der Waals surface area contributed by atoms with E-state index >= 15 is 0 Å². The van der Waals surface area contributed by atoms with Crippen LogP contribution in [0.3, 0.4) is 0 Å². The largest absolute Gasteiger partial charge is 0.383 e. The molecule has 0 bridgehead atoms. The van der Waals surface area contributed by atoms with Crippen LogP contribution in [-0.4, -0.2) is 4.98 Å². The summed E-state index contributed by atoms with van der Waals surface area (Å²) in [7, 11) is 0. The SMILES string of the molecule is CC(C)c1nc(N)c(C#N)c2c1CCC2. The fourth-order valence-corrected chi connectivity index (χ4v) is 2.31. The number of nitriles is 1. The Kier molecular flexibility index (Phi) is 2.36. The second-order valence-corrected chi connectivity index (χ2v) is 4.33. The van der Waals surface area contributed by atoms with Crippen molar-refractivity contribution in [2.24, 2.45) is 0 Å². The summed E-state index contributed by atoms with van der Waals surface area (Å²) >= 11 is 0. The Bertz CT molecular complexity index is 441. The lowest BCUT2D eigenvalue weighted by Gasteiger charge is -2.13. The van der Waals surface area contributed by atoms with E-state index in [0.29, 0.717) is 17.3 Å². The van der Waals surface area contributed by atoms with E-state index in [1.54, 1.807) is 0 Å². The second-order valence-electron chi connectivity index (χ2n) is 4.33. The molecule has 78 valence electrons. The van der Waals surface area contributed by atoms with Gasteiger partial charge >= 0.3 is 0 Å². The monoisotopic (exact) mass is 201 g/mol. The van der Waals surface area contributed by atoms with Crippen molar-refractivity contribution in [2.75, 3.05) is 5.73 Å². The highest BCUT2D eigenvalue weighted by atomic mass is 14.9. The number of fused-ring (bicyclic) bond motifs is 1. The van der Waals surface area contributed by atoms with E-state index < -0.39 is 0 Å². The number of hydrogen-bond acceptors (Lipinski definition) is 3. The minimum absolute atomic E-state index is 0.381. The summed E-state index contributed by atoms with van der Waals surface area (Å²) in [5, 5.41) is 9.04. The molecular weight excluding hydrogens is 186 g/mol. The Morgan fingerprint density at radius 3 is 2.60 bits per heavy atom. The summed E-state index contributed by atoms with van der Waals surface area (Å²) < 4.78 is 0. The molecule has 0 spiro atoms. The van der Waals surface area contributed by atoms with Crippen LogP contribution in [0.15, 0.2) is 0 Å². The van der Waals surface area contributed by atoms with E-state index in [2.05, 4.69) is 24.9 Å². The van der Waals surface area contributed by atoms with E-state index in [1.807, 2.05) is 0 Å². The van der Waals surface area contributed by atoms with Crippen LogP contribution in [0.2, 0.25) is 0 Å². The van der Waals surface area contributed by atoms with Gasteiger partial charge in [-0.1, -0.05) is 13.8 Å². The zero-order valence-corrected chi connectivity index (χ0v) is 9.17. The third-order valence-electron chi connectivity index (χ3n) is 2.98. The molecule has 3 nitrogen and oxygen atoms in total. The maximum atomic E-state index is 9.04. The molecule has 1 heterocycles. The molecule has 15 heavy (non-hydrogen) atoms. The van der Waals surface area contributed by atoms with Crippen LogP contribution in [0, 0.1) is 11.3 Å². The van der Waals surface area contributed by atoms with Crippen LogP contribution in [0.25, 0.3) is 0 Å². The van der Waals surface area contributed by atoms with Crippen molar-refractivity contribution in [1.29, 1.82) is 5.26 Å². The molecule has 0 atom stereocenters. The minimum Gasteiger partial charge on any atom is -0.383 e. The van der Waals surface area contributed by atoms with Crippen LogP contribution < -0.4 is 5.73 Å². The summed E-state index contributed by atoms with van der Waals surface area (Å²) in [6.07, 6.45) is 3.14. The van der Waals surface area contributed by atoms with Gasteiger partial charge in [0.15, 0.2) is 0 Å². The summed E-state index contributed by atoms with van der Waals surface area (Å²) in [5.41, 5.74) is 9.92. The van der Waals surface area contributed by atoms with Crippen molar-refractivity contribution in [3.05, 3.63) is 22.4 Å². The van der Waals surface area contributed by atoms with E-state index in [4.69, 9.17) is 11.0 Å². The molecule has 1 aromatic heterocycles. The molecule has 0 fully saturated rings. The summed E-state index contributed by atoms with van der Waals surface area (Å²) in [6.45, 7) is 4.23. The first-order chi connectivity index (χ1) is 7.15. The number of nitrogens with zero attached hydrogens (tertiary/aromatic N) is 2. The van der Waals surface area contributed by atoms with Crippen molar-refractivity contribution >= 4 is 5.82 Å². The zero-order valence-electron chi connectivity index (χ0n) is 9.17. The summed E-state index contributed by atoms with van der Waals surface area (Å²) in [5.74, 6) is 0.786. The maximum Gasteiger partial charge on any atom is 0.141 e. The van der Waals surface area contributed by atoms with Crippen molar-refractivity contribution < 1.29 is 0 Å². The molecule has 0 radical (unpaired) electrons. The van der Waals surface area contributed by atoms with Crippen LogP contribution >= 0.6 is 0 Å². The molecule has 0 saturated heterocycles. The molecule has 2 rings (SSSR count). The Hall–Kier alpha value is -1.56. The van der Waals surface area contributed by atoms with Crippen LogP contribution in [0.4, 0.5) is 5.82 Å². The lowest BCUT2D eigenvalue weighted by Crippen LogP contribution is -2.07. The van der Waals surface area contributed by atoms with Gasteiger partial charge in [0.25, 0.3) is 0 Å². The fraction of sp³-hybridized carbons (Fsp3) is 0.500. The van der Waals surface area contributed by atoms with Gasteiger partial charge < -0.3 is 5.73 Å². The molecule has 0 unspecified atom stereocenters. The first-order valence-corrected chi connectivity index (χ1v) is 5.36. The van der Waals surface area contributed by atoms with Gasteiger partial charge in [0.05, 0.1) is 5.56 Å². The highest BCUT2D eigenvalue weighted by molar-refractivity contribution is 5.58. The van der Waals surface area contributed by atoms with Gasteiger partial charge in [-0.15, -0.1) is 0 Å². The van der Waals surface area contributed by atoms with Crippen LogP contribution in [0.5, 0.6) is 0 Å². The quantitative estimate of drug-likeness (QED) is 0.757. The third-order valence-corrected chi connectivity index (χ3v) is 2.98. The number of pyridine rings is 1. The molecule has 1 aromatic rings. The number of nitrogen functional groups attached to an aromatic ring is 1. The van der Waals surface area contributed by atoms with Gasteiger partial charge in [-0.3, -0.25) is 0 Å². The molecule has 2 N–H and O–H groups in total. The van der Waals surface area contributed by atoms with E-state index in [1.165, 1.54) is 5.56 Å². The van der Waals surface area contributed by atoms with Crippen molar-refractivity contribution in [3.8, 4) is 6.07 Å². The third kappa shape index (κ3) is 1.46. The van der Waals surface area contributed by atoms with Crippen LogP contribution in [0.1, 0.15) is 48.6 Å². The zero-order chi connectivity index (χ0) is 11.0.